The van der Waals surface area contributed by atoms with Crippen LogP contribution >= 0.6 is 11.6 Å². The number of carbonyl (C=O) groups excluding carboxylic acids is 1. The molecule has 2 aromatic rings. The van der Waals surface area contributed by atoms with Gasteiger partial charge in [-0.15, -0.1) is 0 Å². The van der Waals surface area contributed by atoms with Gasteiger partial charge in [-0.2, -0.15) is 13.2 Å². The zero-order valence-corrected chi connectivity index (χ0v) is 12.7. The van der Waals surface area contributed by atoms with Crippen molar-refractivity contribution in [2.75, 3.05) is 7.11 Å². The highest BCUT2D eigenvalue weighted by Gasteiger charge is 2.48. The van der Waals surface area contributed by atoms with Crippen molar-refractivity contribution in [1.29, 1.82) is 0 Å². The Bertz CT molecular complexity index is 666. The van der Waals surface area contributed by atoms with Crippen LogP contribution in [0.25, 0.3) is 11.1 Å². The Hall–Kier alpha value is -2.21. The average Bonchev–Trinajstić information content (AvgIpc) is 2.52. The van der Waals surface area contributed by atoms with Crippen LogP contribution in [0, 0.1) is 0 Å². The first-order valence-electron chi connectivity index (χ1n) is 6.48. The van der Waals surface area contributed by atoms with Crippen LogP contribution in [0.1, 0.15) is 0 Å². The van der Waals surface area contributed by atoms with Crippen LogP contribution in [0.2, 0.25) is 5.02 Å². The number of halogens is 4. The summed E-state index contributed by atoms with van der Waals surface area (Å²) in [6.07, 6.45) is -7.52. The van der Waals surface area contributed by atoms with Gasteiger partial charge in [0.15, 0.2) is 0 Å². The van der Waals surface area contributed by atoms with Gasteiger partial charge in [0.05, 0.1) is 7.11 Å². The van der Waals surface area contributed by atoms with E-state index in [1.54, 1.807) is 36.4 Å². The van der Waals surface area contributed by atoms with Crippen molar-refractivity contribution in [2.24, 2.45) is 0 Å². The highest BCUT2D eigenvalue weighted by Crippen LogP contribution is 2.28. The van der Waals surface area contributed by atoms with Gasteiger partial charge in [-0.05, 0) is 35.4 Å². The Balaban J connectivity index is 2.18. The van der Waals surface area contributed by atoms with E-state index >= 15 is 0 Å². The molecule has 0 heterocycles. The summed E-state index contributed by atoms with van der Waals surface area (Å²) < 4.78 is 47.2. The molecule has 0 spiro atoms. The third-order valence-electron chi connectivity index (χ3n) is 3.00. The highest BCUT2D eigenvalue weighted by atomic mass is 35.5. The first-order chi connectivity index (χ1) is 10.8. The van der Waals surface area contributed by atoms with E-state index in [2.05, 4.69) is 4.74 Å². The molecular formula is C16H12ClF3O3. The molecule has 2 rings (SSSR count). The monoisotopic (exact) mass is 344 g/mol. The highest BCUT2D eigenvalue weighted by molar-refractivity contribution is 6.30. The summed E-state index contributed by atoms with van der Waals surface area (Å²) in [5, 5.41) is 0.583. The van der Waals surface area contributed by atoms with Crippen LogP contribution < -0.4 is 4.74 Å². The lowest BCUT2D eigenvalue weighted by Gasteiger charge is -2.19. The Morgan fingerprint density at radius 1 is 1.00 bits per heavy atom. The molecular weight excluding hydrogens is 333 g/mol. The molecule has 0 bridgehead atoms. The van der Waals surface area contributed by atoms with Crippen molar-refractivity contribution in [3.8, 4) is 16.9 Å². The van der Waals surface area contributed by atoms with Gasteiger partial charge in [0.1, 0.15) is 5.75 Å². The van der Waals surface area contributed by atoms with Crippen LogP contribution in [-0.4, -0.2) is 25.4 Å². The number of benzene rings is 2. The molecule has 0 radical (unpaired) electrons. The summed E-state index contributed by atoms with van der Waals surface area (Å²) >= 11 is 5.80. The molecule has 0 aliphatic carbocycles. The fourth-order valence-electron chi connectivity index (χ4n) is 1.86. The number of carbonyl (C=O) groups is 1. The smallest absolute Gasteiger partial charge is 0.436 e. The number of hydrogen-bond acceptors (Lipinski definition) is 3. The van der Waals surface area contributed by atoms with Gasteiger partial charge in [-0.25, -0.2) is 4.79 Å². The summed E-state index contributed by atoms with van der Waals surface area (Å²) in [4.78, 5) is 11.2. The van der Waals surface area contributed by atoms with Crippen molar-refractivity contribution in [2.45, 2.75) is 12.3 Å². The molecule has 0 saturated carbocycles. The number of rotatable bonds is 4. The van der Waals surface area contributed by atoms with Crippen LogP contribution in [-0.2, 0) is 9.53 Å². The second-order valence-electron chi connectivity index (χ2n) is 4.59. The number of methoxy groups -OCH3 is 1. The summed E-state index contributed by atoms with van der Waals surface area (Å²) in [5.41, 5.74) is 1.62. The van der Waals surface area contributed by atoms with Crippen LogP contribution in [0.4, 0.5) is 13.2 Å². The van der Waals surface area contributed by atoms with E-state index in [-0.39, 0.29) is 5.75 Å². The number of esters is 1. The minimum atomic E-state index is -4.86. The Labute approximate surface area is 135 Å². The molecule has 1 unspecified atom stereocenters. The fraction of sp³-hybridized carbons (Fsp3) is 0.188. The normalized spacial score (nSPS) is 12.6. The lowest BCUT2D eigenvalue weighted by atomic mass is 10.1. The van der Waals surface area contributed by atoms with E-state index in [0.717, 1.165) is 18.2 Å². The van der Waals surface area contributed by atoms with Gasteiger partial charge in [0, 0.05) is 5.02 Å². The molecule has 3 nitrogen and oxygen atoms in total. The van der Waals surface area contributed by atoms with E-state index in [1.807, 2.05) is 0 Å². The lowest BCUT2D eigenvalue weighted by molar-refractivity contribution is -0.209. The second-order valence-corrected chi connectivity index (χ2v) is 5.03. The largest absolute Gasteiger partial charge is 0.469 e. The standard InChI is InChI=1S/C16H12ClF3O3/c1-22-15(21)14(16(18,19)20)23-13-8-4-11(5-9-13)10-2-6-12(17)7-3-10/h2-9,14H,1H3. The summed E-state index contributed by atoms with van der Waals surface area (Å²) in [6, 6.07) is 12.9. The zero-order valence-electron chi connectivity index (χ0n) is 11.9. The van der Waals surface area contributed by atoms with Crippen molar-refractivity contribution < 1.29 is 27.4 Å². The molecule has 0 saturated heterocycles. The topological polar surface area (TPSA) is 35.5 Å². The molecule has 1 atom stereocenters. The molecule has 0 aliphatic heterocycles. The Kier molecular flexibility index (Phi) is 5.15. The van der Waals surface area contributed by atoms with E-state index < -0.39 is 18.2 Å². The molecule has 0 N–H and O–H groups in total. The maximum Gasteiger partial charge on any atom is 0.436 e. The van der Waals surface area contributed by atoms with Crippen LogP contribution in [0.5, 0.6) is 5.75 Å². The summed E-state index contributed by atoms with van der Waals surface area (Å²) in [5.74, 6) is -1.59. The van der Waals surface area contributed by atoms with Crippen LogP contribution in [0.3, 0.4) is 0 Å². The molecule has 23 heavy (non-hydrogen) atoms. The maximum absolute atomic E-state index is 12.8. The number of alkyl halides is 3. The average molecular weight is 345 g/mol. The van der Waals surface area contributed by atoms with Gasteiger partial charge < -0.3 is 9.47 Å². The maximum atomic E-state index is 12.8. The minimum absolute atomic E-state index is 0.0876. The molecule has 0 aromatic heterocycles. The number of ether oxygens (including phenoxy) is 2. The molecule has 7 heteroatoms. The third kappa shape index (κ3) is 4.39. The molecule has 0 fully saturated rings. The quantitative estimate of drug-likeness (QED) is 0.767. The Morgan fingerprint density at radius 2 is 1.48 bits per heavy atom. The zero-order chi connectivity index (χ0) is 17.0. The molecule has 0 amide bonds. The minimum Gasteiger partial charge on any atom is -0.469 e. The predicted molar refractivity (Wildman–Crippen MR) is 79.4 cm³/mol. The Morgan fingerprint density at radius 3 is 1.91 bits per heavy atom. The third-order valence-corrected chi connectivity index (χ3v) is 3.25. The predicted octanol–water partition coefficient (Wildman–Crippen LogP) is 4.49. The van der Waals surface area contributed by atoms with Crippen LogP contribution in [0.15, 0.2) is 48.5 Å². The first kappa shape index (κ1) is 17.1. The van der Waals surface area contributed by atoms with Gasteiger partial charge in [0.2, 0.25) is 0 Å². The van der Waals surface area contributed by atoms with E-state index in [0.29, 0.717) is 5.02 Å². The molecule has 0 aliphatic rings. The fourth-order valence-corrected chi connectivity index (χ4v) is 1.99. The molecule has 2 aromatic carbocycles. The van der Waals surface area contributed by atoms with E-state index in [4.69, 9.17) is 16.3 Å². The van der Waals surface area contributed by atoms with Gasteiger partial charge in [-0.1, -0.05) is 35.9 Å². The van der Waals surface area contributed by atoms with E-state index in [1.165, 1.54) is 12.1 Å². The van der Waals surface area contributed by atoms with Crippen molar-refractivity contribution in [3.05, 3.63) is 53.6 Å². The SMILES string of the molecule is COC(=O)C(Oc1ccc(-c2ccc(Cl)cc2)cc1)C(F)(F)F. The second kappa shape index (κ2) is 6.91. The van der Waals surface area contributed by atoms with Gasteiger partial charge >= 0.3 is 12.1 Å². The van der Waals surface area contributed by atoms with E-state index in [9.17, 15) is 18.0 Å². The summed E-state index contributed by atoms with van der Waals surface area (Å²) in [6.45, 7) is 0. The first-order valence-corrected chi connectivity index (χ1v) is 6.86. The molecule has 122 valence electrons. The summed E-state index contributed by atoms with van der Waals surface area (Å²) in [7, 11) is 0.869. The van der Waals surface area contributed by atoms with Crippen molar-refractivity contribution >= 4 is 17.6 Å². The van der Waals surface area contributed by atoms with Crippen molar-refractivity contribution in [1.82, 2.24) is 0 Å². The van der Waals surface area contributed by atoms with Gasteiger partial charge in [-0.3, -0.25) is 0 Å². The van der Waals surface area contributed by atoms with Gasteiger partial charge in [0.25, 0.3) is 6.10 Å². The number of hydrogen-bond donors (Lipinski definition) is 0. The lowest BCUT2D eigenvalue weighted by Crippen LogP contribution is -2.42. The van der Waals surface area contributed by atoms with Crippen molar-refractivity contribution in [3.63, 3.8) is 0 Å².